The number of benzene rings is 1. The summed E-state index contributed by atoms with van der Waals surface area (Å²) in [5.74, 6) is -0.780. The van der Waals surface area contributed by atoms with Crippen molar-refractivity contribution < 1.29 is 19.4 Å². The van der Waals surface area contributed by atoms with Crippen molar-refractivity contribution in [3.05, 3.63) is 79.7 Å². The summed E-state index contributed by atoms with van der Waals surface area (Å²) < 4.78 is 4.60. The lowest BCUT2D eigenvalue weighted by Gasteiger charge is -2.15. The Hall–Kier alpha value is -2.45. The minimum absolute atomic E-state index is 0.00418. The molecule has 8 nitrogen and oxygen atoms in total. The van der Waals surface area contributed by atoms with Crippen molar-refractivity contribution in [3.8, 4) is 0 Å². The number of ether oxygens (including phenoxy) is 1. The summed E-state index contributed by atoms with van der Waals surface area (Å²) in [6, 6.07) is 3.87. The number of methoxy groups -OCH3 is 1. The molecule has 10 heteroatoms. The quantitative estimate of drug-likeness (QED) is 0.311. The summed E-state index contributed by atoms with van der Waals surface area (Å²) in [6.07, 6.45) is 0. The molecule has 0 amide bonds. The third-order valence-corrected chi connectivity index (χ3v) is 4.09. The van der Waals surface area contributed by atoms with E-state index in [4.69, 9.17) is 23.2 Å². The fourth-order valence-corrected chi connectivity index (χ4v) is 2.28. The van der Waals surface area contributed by atoms with Crippen molar-refractivity contribution in [2.75, 3.05) is 7.11 Å². The van der Waals surface area contributed by atoms with Crippen molar-refractivity contribution in [1.82, 2.24) is 0 Å². The molecule has 0 N–H and O–H groups in total. The highest BCUT2D eigenvalue weighted by Gasteiger charge is 2.29. The van der Waals surface area contributed by atoms with E-state index in [9.17, 15) is 25.0 Å². The molecule has 0 saturated heterocycles. The molecule has 1 rings (SSSR count). The van der Waals surface area contributed by atoms with Crippen molar-refractivity contribution in [1.29, 1.82) is 0 Å². The van der Waals surface area contributed by atoms with E-state index >= 15 is 0 Å². The summed E-state index contributed by atoms with van der Waals surface area (Å²) in [7, 11) is 1.13. The fourth-order valence-electron chi connectivity index (χ4n) is 1.80. The first-order chi connectivity index (χ1) is 11.1. The number of halogens is 2. The van der Waals surface area contributed by atoms with Crippen LogP contribution in [0.5, 0.6) is 0 Å². The standard InChI is InChI=1S/C14H12Cl2N2O6/c1-7(17(20)21)12(15)9-4-5-10(14(19)24-3)11(6-9)13(16)8(2)18(22)23/h4-6,12-13H,1-2H2,3H3. The Labute approximate surface area is 146 Å². The Morgan fingerprint density at radius 1 is 1.12 bits per heavy atom. The molecule has 2 unspecified atom stereocenters. The van der Waals surface area contributed by atoms with E-state index in [-0.39, 0.29) is 16.7 Å². The SMILES string of the molecule is C=C(C(Cl)c1ccc(C(=O)OC)c(C(Cl)C(=C)[N+](=O)[O-])c1)[N+](=O)[O-]. The number of allylic oxidation sites excluding steroid dienone is 2. The normalized spacial score (nSPS) is 12.8. The van der Waals surface area contributed by atoms with Crippen LogP contribution in [-0.2, 0) is 4.74 Å². The van der Waals surface area contributed by atoms with Gasteiger partial charge in [0, 0.05) is 0 Å². The molecule has 0 aliphatic carbocycles. The Bertz CT molecular complexity index is 734. The van der Waals surface area contributed by atoms with Crippen LogP contribution in [0.25, 0.3) is 0 Å². The number of carbonyl (C=O) groups excluding carboxylic acids is 1. The fraction of sp³-hybridized carbons (Fsp3) is 0.214. The van der Waals surface area contributed by atoms with Gasteiger partial charge in [0.15, 0.2) is 0 Å². The van der Waals surface area contributed by atoms with Gasteiger partial charge in [0.2, 0.25) is 0 Å². The maximum Gasteiger partial charge on any atom is 0.338 e. The maximum atomic E-state index is 11.8. The topological polar surface area (TPSA) is 113 Å². The minimum atomic E-state index is -1.36. The number of esters is 1. The van der Waals surface area contributed by atoms with Gasteiger partial charge in [-0.15, -0.1) is 23.2 Å². The van der Waals surface area contributed by atoms with E-state index in [1.54, 1.807) is 0 Å². The third-order valence-electron chi connectivity index (χ3n) is 3.10. The number of hydrogen-bond acceptors (Lipinski definition) is 6. The molecule has 0 aliphatic rings. The number of hydrogen-bond donors (Lipinski definition) is 0. The van der Waals surface area contributed by atoms with E-state index in [0.717, 1.165) is 7.11 Å². The highest BCUT2D eigenvalue weighted by Crippen LogP contribution is 2.35. The minimum Gasteiger partial charge on any atom is -0.465 e. The van der Waals surface area contributed by atoms with Gasteiger partial charge < -0.3 is 4.74 Å². The van der Waals surface area contributed by atoms with Gasteiger partial charge in [0.05, 0.1) is 22.5 Å². The van der Waals surface area contributed by atoms with Gasteiger partial charge in [-0.25, -0.2) is 4.79 Å². The Balaban J connectivity index is 3.45. The van der Waals surface area contributed by atoms with E-state index < -0.39 is 38.0 Å². The second kappa shape index (κ2) is 7.89. The van der Waals surface area contributed by atoms with Crippen LogP contribution >= 0.6 is 23.2 Å². The van der Waals surface area contributed by atoms with Crippen LogP contribution in [-0.4, -0.2) is 22.9 Å². The Morgan fingerprint density at radius 3 is 2.08 bits per heavy atom. The van der Waals surface area contributed by atoms with Gasteiger partial charge in [-0.3, -0.25) is 20.2 Å². The van der Waals surface area contributed by atoms with Crippen LogP contribution in [0.2, 0.25) is 0 Å². The zero-order chi connectivity index (χ0) is 18.6. The third kappa shape index (κ3) is 4.09. The predicted molar refractivity (Wildman–Crippen MR) is 87.2 cm³/mol. The lowest BCUT2D eigenvalue weighted by molar-refractivity contribution is -0.427. The molecule has 0 aliphatic heterocycles. The second-order valence-corrected chi connectivity index (χ2v) is 5.43. The number of rotatable bonds is 7. The molecule has 1 aromatic rings. The van der Waals surface area contributed by atoms with Gasteiger partial charge in [-0.1, -0.05) is 12.1 Å². The molecule has 0 saturated carbocycles. The van der Waals surface area contributed by atoms with Crippen LogP contribution in [0.15, 0.2) is 42.8 Å². The van der Waals surface area contributed by atoms with Crippen LogP contribution < -0.4 is 0 Å². The number of nitro groups is 2. The number of nitrogens with zero attached hydrogens (tertiary/aromatic N) is 2. The molecule has 0 aromatic heterocycles. The molecule has 128 valence electrons. The molecule has 0 spiro atoms. The number of carbonyl (C=O) groups is 1. The highest BCUT2D eigenvalue weighted by molar-refractivity contribution is 6.23. The Kier molecular flexibility index (Phi) is 6.44. The molecular weight excluding hydrogens is 363 g/mol. The van der Waals surface area contributed by atoms with Gasteiger partial charge in [0.25, 0.3) is 11.4 Å². The van der Waals surface area contributed by atoms with Gasteiger partial charge >= 0.3 is 5.97 Å². The first-order valence-corrected chi connectivity index (χ1v) is 7.15. The predicted octanol–water partition coefficient (Wildman–Crippen LogP) is 3.61. The van der Waals surface area contributed by atoms with E-state index in [1.165, 1.54) is 18.2 Å². The molecule has 0 fully saturated rings. The smallest absolute Gasteiger partial charge is 0.338 e. The average Bonchev–Trinajstić information content (AvgIpc) is 2.57. The maximum absolute atomic E-state index is 11.8. The zero-order valence-electron chi connectivity index (χ0n) is 12.4. The summed E-state index contributed by atoms with van der Waals surface area (Å²) in [6.45, 7) is 6.51. The molecule has 0 heterocycles. The first-order valence-electron chi connectivity index (χ1n) is 6.28. The van der Waals surface area contributed by atoms with E-state index in [1.807, 2.05) is 0 Å². The summed E-state index contributed by atoms with van der Waals surface area (Å²) in [5, 5.41) is 19.1. The van der Waals surface area contributed by atoms with Gasteiger partial charge in [-0.05, 0) is 30.4 Å². The van der Waals surface area contributed by atoms with Crippen LogP contribution in [0.1, 0.15) is 32.2 Å². The van der Waals surface area contributed by atoms with Crippen LogP contribution in [0.4, 0.5) is 0 Å². The molecular formula is C14H12Cl2N2O6. The first kappa shape index (κ1) is 19.6. The van der Waals surface area contributed by atoms with E-state index in [0.29, 0.717) is 0 Å². The summed E-state index contributed by atoms with van der Waals surface area (Å²) in [5.41, 5.74) is -0.905. The second-order valence-electron chi connectivity index (χ2n) is 4.56. The van der Waals surface area contributed by atoms with E-state index in [2.05, 4.69) is 17.9 Å². The van der Waals surface area contributed by atoms with Crippen molar-refractivity contribution in [2.45, 2.75) is 10.8 Å². The average molecular weight is 375 g/mol. The monoisotopic (exact) mass is 374 g/mol. The lowest BCUT2D eigenvalue weighted by Crippen LogP contribution is -2.13. The van der Waals surface area contributed by atoms with Crippen molar-refractivity contribution >= 4 is 29.2 Å². The number of alkyl halides is 2. The highest BCUT2D eigenvalue weighted by atomic mass is 35.5. The van der Waals surface area contributed by atoms with Gasteiger partial charge in [0.1, 0.15) is 10.8 Å². The van der Waals surface area contributed by atoms with Crippen LogP contribution in [0.3, 0.4) is 0 Å². The summed E-state index contributed by atoms with van der Waals surface area (Å²) in [4.78, 5) is 31.9. The van der Waals surface area contributed by atoms with Crippen LogP contribution in [0, 0.1) is 20.2 Å². The largest absolute Gasteiger partial charge is 0.465 e. The molecule has 2 atom stereocenters. The van der Waals surface area contributed by atoms with Crippen molar-refractivity contribution in [3.63, 3.8) is 0 Å². The molecule has 0 radical (unpaired) electrons. The summed E-state index contributed by atoms with van der Waals surface area (Å²) >= 11 is 12.0. The lowest BCUT2D eigenvalue weighted by atomic mass is 9.97. The van der Waals surface area contributed by atoms with Crippen molar-refractivity contribution in [2.24, 2.45) is 0 Å². The molecule has 0 bridgehead atoms. The Morgan fingerprint density at radius 2 is 1.62 bits per heavy atom. The molecule has 1 aromatic carbocycles. The zero-order valence-corrected chi connectivity index (χ0v) is 13.9. The van der Waals surface area contributed by atoms with Gasteiger partial charge in [-0.2, -0.15) is 0 Å². The molecule has 24 heavy (non-hydrogen) atoms.